The Morgan fingerprint density at radius 2 is 1.86 bits per heavy atom. The molecular formula is C9H14N2O2S. The summed E-state index contributed by atoms with van der Waals surface area (Å²) in [5.41, 5.74) is 1.65. The molecule has 0 unspecified atom stereocenters. The lowest BCUT2D eigenvalue weighted by atomic mass is 10.3. The molecule has 0 N–H and O–H groups in total. The molecule has 0 spiro atoms. The third-order valence-corrected chi connectivity index (χ3v) is 2.88. The zero-order chi connectivity index (χ0) is 10.9. The van der Waals surface area contributed by atoms with Gasteiger partial charge in [-0.1, -0.05) is 0 Å². The fourth-order valence-electron chi connectivity index (χ4n) is 1.21. The van der Waals surface area contributed by atoms with E-state index in [-0.39, 0.29) is 5.03 Å². The summed E-state index contributed by atoms with van der Waals surface area (Å²) < 4.78 is 22.4. The van der Waals surface area contributed by atoms with Gasteiger partial charge in [-0.15, -0.1) is 0 Å². The molecule has 0 aliphatic heterocycles. The molecule has 1 aromatic rings. The molecule has 0 aliphatic rings. The van der Waals surface area contributed by atoms with Gasteiger partial charge in [-0.25, -0.2) is 13.4 Å². The number of anilines is 1. The van der Waals surface area contributed by atoms with Crippen molar-refractivity contribution in [2.75, 3.05) is 25.3 Å². The van der Waals surface area contributed by atoms with Crippen molar-refractivity contribution >= 4 is 15.5 Å². The molecule has 1 rings (SSSR count). The molecule has 1 heterocycles. The second kappa shape index (κ2) is 3.57. The highest BCUT2D eigenvalue weighted by atomic mass is 32.2. The van der Waals surface area contributed by atoms with Gasteiger partial charge in [0.25, 0.3) is 0 Å². The number of hydrogen-bond donors (Lipinski definition) is 0. The van der Waals surface area contributed by atoms with Gasteiger partial charge in [0, 0.05) is 20.4 Å². The summed E-state index contributed by atoms with van der Waals surface area (Å²) >= 11 is 0. The van der Waals surface area contributed by atoms with E-state index < -0.39 is 9.84 Å². The monoisotopic (exact) mass is 214 g/mol. The van der Waals surface area contributed by atoms with E-state index in [0.29, 0.717) is 0 Å². The van der Waals surface area contributed by atoms with Crippen LogP contribution in [0.5, 0.6) is 0 Å². The molecule has 78 valence electrons. The van der Waals surface area contributed by atoms with Gasteiger partial charge >= 0.3 is 0 Å². The Hall–Kier alpha value is -1.10. The number of rotatable bonds is 2. The molecule has 14 heavy (non-hydrogen) atoms. The number of nitrogens with zero attached hydrogens (tertiary/aromatic N) is 2. The van der Waals surface area contributed by atoms with Crippen molar-refractivity contribution in [1.82, 2.24) is 4.98 Å². The SMILES string of the molecule is Cc1nc(S(C)(=O)=O)ccc1N(C)C. The predicted molar refractivity (Wildman–Crippen MR) is 56.4 cm³/mol. The van der Waals surface area contributed by atoms with E-state index in [1.165, 1.54) is 6.07 Å². The lowest BCUT2D eigenvalue weighted by Gasteiger charge is -2.14. The molecule has 0 saturated carbocycles. The second-order valence-corrected chi connectivity index (χ2v) is 5.38. The van der Waals surface area contributed by atoms with Crippen LogP contribution in [0.25, 0.3) is 0 Å². The smallest absolute Gasteiger partial charge is 0.192 e. The molecule has 5 heteroatoms. The number of pyridine rings is 1. The summed E-state index contributed by atoms with van der Waals surface area (Å²) in [6, 6.07) is 3.29. The number of sulfone groups is 1. The summed E-state index contributed by atoms with van der Waals surface area (Å²) in [6.07, 6.45) is 1.16. The van der Waals surface area contributed by atoms with Crippen LogP contribution in [0.15, 0.2) is 17.2 Å². The van der Waals surface area contributed by atoms with Gasteiger partial charge in [0.05, 0.1) is 11.4 Å². The fourth-order valence-corrected chi connectivity index (χ4v) is 1.83. The quantitative estimate of drug-likeness (QED) is 0.732. The van der Waals surface area contributed by atoms with E-state index in [4.69, 9.17) is 0 Å². The minimum atomic E-state index is -3.20. The van der Waals surface area contributed by atoms with Gasteiger partial charge in [0.15, 0.2) is 14.9 Å². The molecule has 4 nitrogen and oxygen atoms in total. The van der Waals surface area contributed by atoms with E-state index in [1.807, 2.05) is 19.0 Å². The van der Waals surface area contributed by atoms with Crippen LogP contribution in [0.1, 0.15) is 5.69 Å². The van der Waals surface area contributed by atoms with E-state index in [0.717, 1.165) is 17.6 Å². The molecule has 0 aromatic carbocycles. The van der Waals surface area contributed by atoms with Crippen LogP contribution in [0, 0.1) is 6.92 Å². The maximum Gasteiger partial charge on any atom is 0.192 e. The van der Waals surface area contributed by atoms with Crippen LogP contribution in [0.2, 0.25) is 0 Å². The maximum atomic E-state index is 11.2. The van der Waals surface area contributed by atoms with E-state index in [1.54, 1.807) is 13.0 Å². The zero-order valence-electron chi connectivity index (χ0n) is 8.77. The zero-order valence-corrected chi connectivity index (χ0v) is 9.59. The molecular weight excluding hydrogens is 200 g/mol. The Kier molecular flexibility index (Phi) is 2.80. The highest BCUT2D eigenvalue weighted by Gasteiger charge is 2.11. The molecule has 1 aromatic heterocycles. The Morgan fingerprint density at radius 1 is 1.29 bits per heavy atom. The van der Waals surface area contributed by atoms with Crippen molar-refractivity contribution in [3.05, 3.63) is 17.8 Å². The van der Waals surface area contributed by atoms with Crippen molar-refractivity contribution in [3.63, 3.8) is 0 Å². The Balaban J connectivity index is 3.27. The highest BCUT2D eigenvalue weighted by molar-refractivity contribution is 7.90. The second-order valence-electron chi connectivity index (χ2n) is 3.42. The first kappa shape index (κ1) is 11.0. The van der Waals surface area contributed by atoms with Crippen molar-refractivity contribution in [3.8, 4) is 0 Å². The summed E-state index contributed by atoms with van der Waals surface area (Å²) in [6.45, 7) is 1.80. The summed E-state index contributed by atoms with van der Waals surface area (Å²) in [7, 11) is 0.589. The third kappa shape index (κ3) is 2.23. The first-order valence-electron chi connectivity index (χ1n) is 4.17. The van der Waals surface area contributed by atoms with Crippen LogP contribution in [-0.2, 0) is 9.84 Å². The average Bonchev–Trinajstić information content (AvgIpc) is 2.01. The Bertz CT molecular complexity index is 438. The summed E-state index contributed by atoms with van der Waals surface area (Å²) in [4.78, 5) is 5.93. The van der Waals surface area contributed by atoms with Crippen LogP contribution in [-0.4, -0.2) is 33.8 Å². The topological polar surface area (TPSA) is 50.3 Å². The summed E-state index contributed by atoms with van der Waals surface area (Å²) in [5.74, 6) is 0. The van der Waals surface area contributed by atoms with Crippen molar-refractivity contribution < 1.29 is 8.42 Å². The van der Waals surface area contributed by atoms with Crippen LogP contribution >= 0.6 is 0 Å². The minimum Gasteiger partial charge on any atom is -0.376 e. The van der Waals surface area contributed by atoms with Gasteiger partial charge in [-0.3, -0.25) is 0 Å². The maximum absolute atomic E-state index is 11.2. The number of aryl methyl sites for hydroxylation is 1. The van der Waals surface area contributed by atoms with Crippen LogP contribution in [0.3, 0.4) is 0 Å². The van der Waals surface area contributed by atoms with Gasteiger partial charge in [0.2, 0.25) is 0 Å². The fraction of sp³-hybridized carbons (Fsp3) is 0.444. The lowest BCUT2D eigenvalue weighted by molar-refractivity contribution is 0.598. The number of hydrogen-bond acceptors (Lipinski definition) is 4. The van der Waals surface area contributed by atoms with Crippen molar-refractivity contribution in [2.45, 2.75) is 11.9 Å². The highest BCUT2D eigenvalue weighted by Crippen LogP contribution is 2.17. The van der Waals surface area contributed by atoms with Crippen LogP contribution in [0.4, 0.5) is 5.69 Å². The first-order chi connectivity index (χ1) is 6.32. The number of aromatic nitrogens is 1. The molecule has 0 fully saturated rings. The minimum absolute atomic E-state index is 0.126. The van der Waals surface area contributed by atoms with Gasteiger partial charge in [-0.2, -0.15) is 0 Å². The van der Waals surface area contributed by atoms with Crippen molar-refractivity contribution in [1.29, 1.82) is 0 Å². The van der Waals surface area contributed by atoms with Crippen LogP contribution < -0.4 is 4.90 Å². The lowest BCUT2D eigenvalue weighted by Crippen LogP contribution is -2.12. The average molecular weight is 214 g/mol. The van der Waals surface area contributed by atoms with E-state index in [9.17, 15) is 8.42 Å². The largest absolute Gasteiger partial charge is 0.376 e. The standard InChI is InChI=1S/C9H14N2O2S/c1-7-8(11(2)3)5-6-9(10-7)14(4,12)13/h5-6H,1-4H3. The van der Waals surface area contributed by atoms with Gasteiger partial charge in [-0.05, 0) is 19.1 Å². The third-order valence-electron chi connectivity index (χ3n) is 1.89. The molecule has 0 amide bonds. The predicted octanol–water partition coefficient (Wildman–Crippen LogP) is 0.860. The molecule has 0 saturated heterocycles. The van der Waals surface area contributed by atoms with Gasteiger partial charge < -0.3 is 4.90 Å². The first-order valence-corrected chi connectivity index (χ1v) is 6.06. The normalized spacial score (nSPS) is 11.4. The van der Waals surface area contributed by atoms with Gasteiger partial charge in [0.1, 0.15) is 0 Å². The van der Waals surface area contributed by atoms with E-state index in [2.05, 4.69) is 4.98 Å². The van der Waals surface area contributed by atoms with E-state index >= 15 is 0 Å². The molecule has 0 aliphatic carbocycles. The molecule has 0 atom stereocenters. The van der Waals surface area contributed by atoms with Crippen molar-refractivity contribution in [2.24, 2.45) is 0 Å². The summed E-state index contributed by atoms with van der Waals surface area (Å²) in [5, 5.41) is 0.126. The Morgan fingerprint density at radius 3 is 2.21 bits per heavy atom. The molecule has 0 bridgehead atoms. The molecule has 0 radical (unpaired) electrons. The Labute approximate surface area is 84.5 Å².